The van der Waals surface area contributed by atoms with Gasteiger partial charge in [0, 0.05) is 13.1 Å². The van der Waals surface area contributed by atoms with Crippen LogP contribution in [0.2, 0.25) is 0 Å². The van der Waals surface area contributed by atoms with Gasteiger partial charge in [-0.05, 0) is 5.92 Å². The van der Waals surface area contributed by atoms with Gasteiger partial charge in [-0.25, -0.2) is 0 Å². The molecule has 2 atom stereocenters. The Balaban J connectivity index is 2.09. The number of hydrogen-bond acceptors (Lipinski definition) is 3. The van der Waals surface area contributed by atoms with Crippen LogP contribution in [0.25, 0.3) is 0 Å². The first-order valence-electron chi connectivity index (χ1n) is 5.19. The predicted molar refractivity (Wildman–Crippen MR) is 50.9 cm³/mol. The fourth-order valence-corrected chi connectivity index (χ4v) is 2.08. The first-order chi connectivity index (χ1) is 6.68. The fourth-order valence-electron chi connectivity index (χ4n) is 2.08. The lowest BCUT2D eigenvalue weighted by molar-refractivity contribution is -0.153. The third kappa shape index (κ3) is 1.77. The summed E-state index contributed by atoms with van der Waals surface area (Å²) in [6.07, 6.45) is 0.197. The van der Waals surface area contributed by atoms with Crippen molar-refractivity contribution in [3.05, 3.63) is 0 Å². The molecule has 0 spiro atoms. The molecule has 2 rings (SSSR count). The van der Waals surface area contributed by atoms with Crippen LogP contribution in [0.5, 0.6) is 0 Å². The summed E-state index contributed by atoms with van der Waals surface area (Å²) in [6, 6.07) is 0. The van der Waals surface area contributed by atoms with E-state index in [4.69, 9.17) is 9.47 Å². The van der Waals surface area contributed by atoms with Crippen LogP contribution in [-0.2, 0) is 14.3 Å². The molecule has 4 heteroatoms. The van der Waals surface area contributed by atoms with Crippen LogP contribution in [0.1, 0.15) is 13.8 Å². The molecule has 2 heterocycles. The van der Waals surface area contributed by atoms with Crippen LogP contribution < -0.4 is 0 Å². The molecule has 0 aromatic rings. The van der Waals surface area contributed by atoms with Crippen LogP contribution in [0.15, 0.2) is 0 Å². The van der Waals surface area contributed by atoms with Gasteiger partial charge >= 0.3 is 0 Å². The molecule has 0 aromatic carbocycles. The summed E-state index contributed by atoms with van der Waals surface area (Å²) in [4.78, 5) is 13.2. The van der Waals surface area contributed by atoms with E-state index in [0.717, 1.165) is 0 Å². The van der Waals surface area contributed by atoms with Gasteiger partial charge in [0.1, 0.15) is 12.7 Å². The molecule has 2 aliphatic rings. The molecular weight excluding hydrogens is 182 g/mol. The van der Waals surface area contributed by atoms with Crippen molar-refractivity contribution in [2.24, 2.45) is 5.92 Å². The van der Waals surface area contributed by atoms with Gasteiger partial charge in [0.2, 0.25) is 5.91 Å². The number of nitrogens with zero attached hydrogens (tertiary/aromatic N) is 1. The van der Waals surface area contributed by atoms with Gasteiger partial charge in [0.25, 0.3) is 0 Å². The Hall–Kier alpha value is -0.610. The Morgan fingerprint density at radius 3 is 2.93 bits per heavy atom. The normalized spacial score (nSPS) is 33.4. The molecule has 2 saturated heterocycles. The van der Waals surface area contributed by atoms with Gasteiger partial charge in [-0.2, -0.15) is 0 Å². The Morgan fingerprint density at radius 1 is 1.43 bits per heavy atom. The van der Waals surface area contributed by atoms with Crippen molar-refractivity contribution in [3.63, 3.8) is 0 Å². The molecule has 1 amide bonds. The standard InChI is InChI=1S/C10H17NO3/c1-7(2)10-8-5-11(3-4-13-10)9(12)6-14-8/h7-8,10H,3-6H2,1-2H3/t8-,10-/m0/s1. The zero-order valence-electron chi connectivity index (χ0n) is 8.73. The zero-order valence-corrected chi connectivity index (χ0v) is 8.73. The number of carbonyl (C=O) groups excluding carboxylic acids is 1. The fraction of sp³-hybridized carbons (Fsp3) is 0.900. The first-order valence-corrected chi connectivity index (χ1v) is 5.19. The van der Waals surface area contributed by atoms with Gasteiger partial charge in [-0.3, -0.25) is 4.79 Å². The Bertz CT molecular complexity index is 229. The molecule has 0 aliphatic carbocycles. The first kappa shape index (κ1) is 9.93. The van der Waals surface area contributed by atoms with E-state index in [2.05, 4.69) is 13.8 Å². The molecule has 2 fully saturated rings. The summed E-state index contributed by atoms with van der Waals surface area (Å²) < 4.78 is 11.2. The van der Waals surface area contributed by atoms with E-state index in [1.165, 1.54) is 0 Å². The Kier molecular flexibility index (Phi) is 2.74. The monoisotopic (exact) mass is 199 g/mol. The van der Waals surface area contributed by atoms with E-state index in [1.54, 1.807) is 0 Å². The van der Waals surface area contributed by atoms with Gasteiger partial charge in [0.15, 0.2) is 0 Å². The number of amides is 1. The lowest BCUT2D eigenvalue weighted by Crippen LogP contribution is -2.50. The lowest BCUT2D eigenvalue weighted by Gasteiger charge is -2.33. The average Bonchev–Trinajstić information content (AvgIpc) is 2.32. The van der Waals surface area contributed by atoms with E-state index >= 15 is 0 Å². The number of rotatable bonds is 1. The molecule has 0 saturated carbocycles. The second-order valence-corrected chi connectivity index (χ2v) is 4.27. The summed E-state index contributed by atoms with van der Waals surface area (Å²) in [5.41, 5.74) is 0. The maximum Gasteiger partial charge on any atom is 0.248 e. The molecule has 0 radical (unpaired) electrons. The second-order valence-electron chi connectivity index (χ2n) is 4.27. The van der Waals surface area contributed by atoms with Gasteiger partial charge in [0.05, 0.1) is 12.7 Å². The Labute approximate surface area is 84.2 Å². The zero-order chi connectivity index (χ0) is 10.1. The molecular formula is C10H17NO3. The SMILES string of the molecule is CC(C)[C@@H]1OCCN2C[C@@H]1OCC2=O. The molecule has 2 bridgehead atoms. The van der Waals surface area contributed by atoms with E-state index in [-0.39, 0.29) is 24.7 Å². The minimum absolute atomic E-state index is 0.0650. The number of fused-ring (bicyclic) bond motifs is 2. The molecule has 80 valence electrons. The average molecular weight is 199 g/mol. The third-order valence-electron chi connectivity index (χ3n) is 2.87. The van der Waals surface area contributed by atoms with E-state index in [1.807, 2.05) is 4.90 Å². The largest absolute Gasteiger partial charge is 0.373 e. The van der Waals surface area contributed by atoms with Crippen LogP contribution in [-0.4, -0.2) is 49.3 Å². The highest BCUT2D eigenvalue weighted by molar-refractivity contribution is 5.78. The molecule has 0 aromatic heterocycles. The van der Waals surface area contributed by atoms with Crippen LogP contribution >= 0.6 is 0 Å². The van der Waals surface area contributed by atoms with Crippen LogP contribution in [0, 0.1) is 5.92 Å². The highest BCUT2D eigenvalue weighted by Gasteiger charge is 2.36. The van der Waals surface area contributed by atoms with E-state index < -0.39 is 0 Å². The topological polar surface area (TPSA) is 38.8 Å². The molecule has 4 nitrogen and oxygen atoms in total. The van der Waals surface area contributed by atoms with Crippen molar-refractivity contribution < 1.29 is 14.3 Å². The van der Waals surface area contributed by atoms with E-state index in [0.29, 0.717) is 25.6 Å². The number of hydrogen-bond donors (Lipinski definition) is 0. The third-order valence-corrected chi connectivity index (χ3v) is 2.87. The molecule has 2 aliphatic heterocycles. The van der Waals surface area contributed by atoms with Crippen molar-refractivity contribution in [2.75, 3.05) is 26.3 Å². The summed E-state index contributed by atoms with van der Waals surface area (Å²) in [5, 5.41) is 0. The number of carbonyl (C=O) groups is 1. The van der Waals surface area contributed by atoms with Crippen LogP contribution in [0.3, 0.4) is 0 Å². The highest BCUT2D eigenvalue weighted by Crippen LogP contribution is 2.21. The molecule has 0 N–H and O–H groups in total. The Morgan fingerprint density at radius 2 is 2.21 bits per heavy atom. The summed E-state index contributed by atoms with van der Waals surface area (Å²) >= 11 is 0. The minimum atomic E-state index is 0.0650. The van der Waals surface area contributed by atoms with Crippen molar-refractivity contribution in [3.8, 4) is 0 Å². The second kappa shape index (κ2) is 3.87. The number of morpholine rings is 1. The van der Waals surface area contributed by atoms with Gasteiger partial charge in [-0.15, -0.1) is 0 Å². The van der Waals surface area contributed by atoms with Crippen molar-refractivity contribution in [1.29, 1.82) is 0 Å². The summed E-state index contributed by atoms with van der Waals surface area (Å²) in [5.74, 6) is 0.530. The van der Waals surface area contributed by atoms with Crippen molar-refractivity contribution >= 4 is 5.91 Å². The predicted octanol–water partition coefficient (Wildman–Crippen LogP) is 0.269. The maximum absolute atomic E-state index is 11.4. The van der Waals surface area contributed by atoms with Crippen molar-refractivity contribution in [2.45, 2.75) is 26.1 Å². The number of ether oxygens (including phenoxy) is 2. The smallest absolute Gasteiger partial charge is 0.248 e. The minimum Gasteiger partial charge on any atom is -0.373 e. The van der Waals surface area contributed by atoms with Gasteiger partial charge in [-0.1, -0.05) is 13.8 Å². The van der Waals surface area contributed by atoms with Crippen LogP contribution in [0.4, 0.5) is 0 Å². The summed E-state index contributed by atoms with van der Waals surface area (Å²) in [7, 11) is 0. The van der Waals surface area contributed by atoms with E-state index in [9.17, 15) is 4.79 Å². The molecule has 14 heavy (non-hydrogen) atoms. The maximum atomic E-state index is 11.4. The quantitative estimate of drug-likeness (QED) is 0.608. The highest BCUT2D eigenvalue weighted by atomic mass is 16.5. The summed E-state index contributed by atoms with van der Waals surface area (Å²) in [6.45, 7) is 6.51. The molecule has 0 unspecified atom stereocenters. The van der Waals surface area contributed by atoms with Gasteiger partial charge < -0.3 is 14.4 Å². The lowest BCUT2D eigenvalue weighted by atomic mass is 10.0. The van der Waals surface area contributed by atoms with Crippen molar-refractivity contribution in [1.82, 2.24) is 4.90 Å².